The summed E-state index contributed by atoms with van der Waals surface area (Å²) in [6.45, 7) is 9.56. The van der Waals surface area contributed by atoms with E-state index in [9.17, 15) is 4.79 Å². The minimum absolute atomic E-state index is 0.0450. The van der Waals surface area contributed by atoms with Gasteiger partial charge in [0.25, 0.3) is 0 Å². The Morgan fingerprint density at radius 3 is 2.56 bits per heavy atom. The highest BCUT2D eigenvalue weighted by molar-refractivity contribution is 5.81. The third kappa shape index (κ3) is 2.95. The minimum Gasteiger partial charge on any atom is -0.396 e. The molecule has 0 aromatic carbocycles. The molecule has 0 aromatic rings. The van der Waals surface area contributed by atoms with Gasteiger partial charge in [0, 0.05) is 26.2 Å². The number of carbonyl (C=O) groups excluding carboxylic acids is 1. The molecule has 0 saturated carbocycles. The average molecular weight is 228 g/mol. The van der Waals surface area contributed by atoms with Gasteiger partial charge in [-0.2, -0.15) is 0 Å². The Morgan fingerprint density at radius 1 is 1.50 bits per heavy atom. The standard InChI is InChI=1S/C12H24N2O2/c1-4-13(5-2)12(16)10(3)14-7-6-11(8-14)9-15/h10-11,15H,4-9H2,1-3H3. The van der Waals surface area contributed by atoms with Crippen LogP contribution in [0.2, 0.25) is 0 Å². The van der Waals surface area contributed by atoms with Crippen molar-refractivity contribution in [3.8, 4) is 0 Å². The molecule has 0 aliphatic carbocycles. The van der Waals surface area contributed by atoms with Crippen molar-refractivity contribution in [1.82, 2.24) is 9.80 Å². The number of rotatable bonds is 5. The average Bonchev–Trinajstić information content (AvgIpc) is 2.78. The van der Waals surface area contributed by atoms with E-state index in [0.717, 1.165) is 32.6 Å². The zero-order valence-corrected chi connectivity index (χ0v) is 10.6. The van der Waals surface area contributed by atoms with E-state index in [0.29, 0.717) is 5.92 Å². The summed E-state index contributed by atoms with van der Waals surface area (Å²) >= 11 is 0. The first-order chi connectivity index (χ1) is 7.63. The number of aliphatic hydroxyl groups excluding tert-OH is 1. The fourth-order valence-electron chi connectivity index (χ4n) is 2.32. The van der Waals surface area contributed by atoms with E-state index in [4.69, 9.17) is 5.11 Å². The maximum atomic E-state index is 12.1. The van der Waals surface area contributed by atoms with Crippen LogP contribution in [0.25, 0.3) is 0 Å². The first-order valence-corrected chi connectivity index (χ1v) is 6.27. The van der Waals surface area contributed by atoms with Crippen molar-refractivity contribution in [2.24, 2.45) is 5.92 Å². The van der Waals surface area contributed by atoms with Gasteiger partial charge in [-0.05, 0) is 39.7 Å². The third-order valence-electron chi connectivity index (χ3n) is 3.56. The van der Waals surface area contributed by atoms with Crippen molar-refractivity contribution in [3.05, 3.63) is 0 Å². The predicted octanol–water partition coefficient (Wildman–Crippen LogP) is 0.557. The lowest BCUT2D eigenvalue weighted by Crippen LogP contribution is -2.46. The maximum Gasteiger partial charge on any atom is 0.239 e. The first-order valence-electron chi connectivity index (χ1n) is 6.27. The number of likely N-dealkylation sites (tertiary alicyclic amines) is 1. The van der Waals surface area contributed by atoms with Gasteiger partial charge in [0.05, 0.1) is 6.04 Å². The smallest absolute Gasteiger partial charge is 0.239 e. The molecule has 0 radical (unpaired) electrons. The molecular formula is C12H24N2O2. The Kier molecular flexibility index (Phi) is 5.22. The van der Waals surface area contributed by atoms with Crippen molar-refractivity contribution in [1.29, 1.82) is 0 Å². The number of amides is 1. The lowest BCUT2D eigenvalue weighted by Gasteiger charge is -2.29. The van der Waals surface area contributed by atoms with E-state index in [1.54, 1.807) is 0 Å². The van der Waals surface area contributed by atoms with Crippen LogP contribution in [-0.4, -0.2) is 59.6 Å². The molecule has 4 heteroatoms. The van der Waals surface area contributed by atoms with Crippen LogP contribution in [0.5, 0.6) is 0 Å². The summed E-state index contributed by atoms with van der Waals surface area (Å²) in [6, 6.07) is -0.0450. The second-order valence-corrected chi connectivity index (χ2v) is 4.52. The van der Waals surface area contributed by atoms with Crippen molar-refractivity contribution >= 4 is 5.91 Å². The predicted molar refractivity (Wildman–Crippen MR) is 64.2 cm³/mol. The van der Waals surface area contributed by atoms with Crippen LogP contribution >= 0.6 is 0 Å². The van der Waals surface area contributed by atoms with E-state index in [1.165, 1.54) is 0 Å². The number of nitrogens with zero attached hydrogens (tertiary/aromatic N) is 2. The van der Waals surface area contributed by atoms with E-state index < -0.39 is 0 Å². The molecule has 0 bridgehead atoms. The zero-order chi connectivity index (χ0) is 12.1. The summed E-state index contributed by atoms with van der Waals surface area (Å²) in [5.74, 6) is 0.565. The van der Waals surface area contributed by atoms with E-state index in [1.807, 2.05) is 25.7 Å². The van der Waals surface area contributed by atoms with Gasteiger partial charge in [0.2, 0.25) is 5.91 Å². The van der Waals surface area contributed by atoms with Crippen molar-refractivity contribution in [2.45, 2.75) is 33.2 Å². The Morgan fingerprint density at radius 2 is 2.12 bits per heavy atom. The summed E-state index contributed by atoms with van der Waals surface area (Å²) in [5.41, 5.74) is 0. The molecule has 1 aliphatic heterocycles. The fraction of sp³-hybridized carbons (Fsp3) is 0.917. The molecule has 0 spiro atoms. The molecule has 1 fully saturated rings. The SMILES string of the molecule is CCN(CC)C(=O)C(C)N1CCC(CO)C1. The van der Waals surface area contributed by atoms with Crippen LogP contribution in [-0.2, 0) is 4.79 Å². The summed E-state index contributed by atoms with van der Waals surface area (Å²) in [5, 5.41) is 9.08. The molecule has 16 heavy (non-hydrogen) atoms. The number of carbonyl (C=O) groups is 1. The lowest BCUT2D eigenvalue weighted by atomic mass is 10.1. The van der Waals surface area contributed by atoms with Crippen molar-refractivity contribution in [3.63, 3.8) is 0 Å². The molecule has 1 N–H and O–H groups in total. The molecule has 1 heterocycles. The molecule has 2 atom stereocenters. The Bertz CT molecular complexity index is 229. The second kappa shape index (κ2) is 6.21. The molecule has 1 amide bonds. The van der Waals surface area contributed by atoms with Gasteiger partial charge in [-0.25, -0.2) is 0 Å². The van der Waals surface area contributed by atoms with Gasteiger partial charge in [-0.1, -0.05) is 0 Å². The Labute approximate surface area is 98.2 Å². The zero-order valence-electron chi connectivity index (χ0n) is 10.6. The van der Waals surface area contributed by atoms with Crippen LogP contribution in [0.4, 0.5) is 0 Å². The van der Waals surface area contributed by atoms with Gasteiger partial charge in [0.1, 0.15) is 0 Å². The largest absolute Gasteiger partial charge is 0.396 e. The first kappa shape index (κ1) is 13.5. The summed E-state index contributed by atoms with van der Waals surface area (Å²) in [6.07, 6.45) is 1.01. The second-order valence-electron chi connectivity index (χ2n) is 4.52. The van der Waals surface area contributed by atoms with Crippen LogP contribution < -0.4 is 0 Å². The number of hydrogen-bond donors (Lipinski definition) is 1. The quantitative estimate of drug-likeness (QED) is 0.747. The van der Waals surface area contributed by atoms with Crippen LogP contribution in [0, 0.1) is 5.92 Å². The molecule has 0 aromatic heterocycles. The van der Waals surface area contributed by atoms with Gasteiger partial charge >= 0.3 is 0 Å². The van der Waals surface area contributed by atoms with Crippen molar-refractivity contribution < 1.29 is 9.90 Å². The van der Waals surface area contributed by atoms with Gasteiger partial charge in [-0.3, -0.25) is 9.69 Å². The maximum absolute atomic E-state index is 12.1. The minimum atomic E-state index is -0.0450. The summed E-state index contributed by atoms with van der Waals surface area (Å²) < 4.78 is 0. The third-order valence-corrected chi connectivity index (χ3v) is 3.56. The molecule has 1 rings (SSSR count). The number of aliphatic hydroxyl groups is 1. The highest BCUT2D eigenvalue weighted by atomic mass is 16.3. The van der Waals surface area contributed by atoms with Crippen LogP contribution in [0.1, 0.15) is 27.2 Å². The lowest BCUT2D eigenvalue weighted by molar-refractivity contribution is -0.135. The van der Waals surface area contributed by atoms with Gasteiger partial charge in [-0.15, -0.1) is 0 Å². The molecule has 1 saturated heterocycles. The van der Waals surface area contributed by atoms with Crippen LogP contribution in [0.15, 0.2) is 0 Å². The molecule has 94 valence electrons. The molecule has 1 aliphatic rings. The van der Waals surface area contributed by atoms with Crippen LogP contribution in [0.3, 0.4) is 0 Å². The highest BCUT2D eigenvalue weighted by Gasteiger charge is 2.30. The highest BCUT2D eigenvalue weighted by Crippen LogP contribution is 2.18. The number of likely N-dealkylation sites (N-methyl/N-ethyl adjacent to an activating group) is 1. The van der Waals surface area contributed by atoms with Crippen molar-refractivity contribution in [2.75, 3.05) is 32.8 Å². The van der Waals surface area contributed by atoms with E-state index in [2.05, 4.69) is 4.90 Å². The monoisotopic (exact) mass is 228 g/mol. The summed E-state index contributed by atoms with van der Waals surface area (Å²) in [4.78, 5) is 16.2. The Balaban J connectivity index is 2.51. The van der Waals surface area contributed by atoms with Gasteiger partial charge < -0.3 is 10.0 Å². The number of hydrogen-bond acceptors (Lipinski definition) is 3. The van der Waals surface area contributed by atoms with E-state index in [-0.39, 0.29) is 18.6 Å². The Hall–Kier alpha value is -0.610. The molecular weight excluding hydrogens is 204 g/mol. The fourth-order valence-corrected chi connectivity index (χ4v) is 2.32. The topological polar surface area (TPSA) is 43.8 Å². The molecule has 4 nitrogen and oxygen atoms in total. The van der Waals surface area contributed by atoms with E-state index >= 15 is 0 Å². The summed E-state index contributed by atoms with van der Waals surface area (Å²) in [7, 11) is 0. The molecule has 2 unspecified atom stereocenters. The van der Waals surface area contributed by atoms with Gasteiger partial charge in [0.15, 0.2) is 0 Å². The normalized spacial score (nSPS) is 23.4.